The lowest BCUT2D eigenvalue weighted by Gasteiger charge is -2.27. The Kier molecular flexibility index (Phi) is 9.58. The van der Waals surface area contributed by atoms with E-state index in [-0.39, 0.29) is 12.0 Å². The maximum Gasteiger partial charge on any atom is 0.500 e. The first kappa shape index (κ1) is 21.2. The molecule has 0 atom stereocenters. The standard InChI is InChI=1S/C17H27F3O3Si/c1-4-22-24(21-3,23-5-2)11-9-7-6-8-10-15-16(19)12-14(18)13-17(15)20/h12-13H,4-11H2,1-3H3. The summed E-state index contributed by atoms with van der Waals surface area (Å²) < 4.78 is 56.8. The van der Waals surface area contributed by atoms with Crippen LogP contribution in [0.15, 0.2) is 12.1 Å². The molecule has 0 bridgehead atoms. The highest BCUT2D eigenvalue weighted by molar-refractivity contribution is 6.60. The van der Waals surface area contributed by atoms with Crippen LogP contribution in [0, 0.1) is 17.5 Å². The van der Waals surface area contributed by atoms with E-state index in [0.29, 0.717) is 19.6 Å². The van der Waals surface area contributed by atoms with Gasteiger partial charge in [0, 0.05) is 44.1 Å². The van der Waals surface area contributed by atoms with Gasteiger partial charge in [0.1, 0.15) is 17.5 Å². The third-order valence-electron chi connectivity index (χ3n) is 3.81. The van der Waals surface area contributed by atoms with E-state index in [9.17, 15) is 13.2 Å². The number of benzene rings is 1. The maximum atomic E-state index is 13.5. The van der Waals surface area contributed by atoms with Gasteiger partial charge in [-0.3, -0.25) is 0 Å². The van der Waals surface area contributed by atoms with Gasteiger partial charge in [-0.25, -0.2) is 13.2 Å². The molecule has 1 aromatic rings. The molecule has 138 valence electrons. The van der Waals surface area contributed by atoms with Gasteiger partial charge >= 0.3 is 8.80 Å². The van der Waals surface area contributed by atoms with Crippen molar-refractivity contribution in [2.75, 3.05) is 20.3 Å². The van der Waals surface area contributed by atoms with Gasteiger partial charge in [-0.15, -0.1) is 0 Å². The summed E-state index contributed by atoms with van der Waals surface area (Å²) in [4.78, 5) is 0. The number of hydrogen-bond acceptors (Lipinski definition) is 3. The number of hydrogen-bond donors (Lipinski definition) is 0. The molecule has 0 saturated heterocycles. The van der Waals surface area contributed by atoms with Gasteiger partial charge in [0.15, 0.2) is 0 Å². The quantitative estimate of drug-likeness (QED) is 0.391. The van der Waals surface area contributed by atoms with Crippen LogP contribution in [-0.4, -0.2) is 29.1 Å². The number of unbranched alkanes of at least 4 members (excludes halogenated alkanes) is 3. The molecule has 1 rings (SSSR count). The normalized spacial score (nSPS) is 11.9. The van der Waals surface area contributed by atoms with Crippen LogP contribution in [0.3, 0.4) is 0 Å². The first-order chi connectivity index (χ1) is 11.5. The van der Waals surface area contributed by atoms with Gasteiger partial charge in [-0.2, -0.15) is 0 Å². The Morgan fingerprint density at radius 2 is 1.42 bits per heavy atom. The molecule has 0 amide bonds. The van der Waals surface area contributed by atoms with E-state index in [1.54, 1.807) is 7.11 Å². The van der Waals surface area contributed by atoms with E-state index in [1.807, 2.05) is 13.8 Å². The Morgan fingerprint density at radius 1 is 0.875 bits per heavy atom. The van der Waals surface area contributed by atoms with E-state index < -0.39 is 26.3 Å². The summed E-state index contributed by atoms with van der Waals surface area (Å²) in [7, 11) is -0.971. The molecule has 0 radical (unpaired) electrons. The average Bonchev–Trinajstić information content (AvgIpc) is 2.52. The summed E-state index contributed by atoms with van der Waals surface area (Å²) in [6.45, 7) is 4.91. The lowest BCUT2D eigenvalue weighted by Crippen LogP contribution is -2.44. The van der Waals surface area contributed by atoms with E-state index >= 15 is 0 Å². The summed E-state index contributed by atoms with van der Waals surface area (Å²) in [6.07, 6.45) is 3.49. The Morgan fingerprint density at radius 3 is 1.92 bits per heavy atom. The molecule has 24 heavy (non-hydrogen) atoms. The minimum absolute atomic E-state index is 0.0411. The molecule has 0 N–H and O–H groups in total. The summed E-state index contributed by atoms with van der Waals surface area (Å²) in [5.41, 5.74) is -0.0411. The first-order valence-electron chi connectivity index (χ1n) is 8.44. The minimum Gasteiger partial charge on any atom is -0.377 e. The molecule has 0 aromatic heterocycles. The van der Waals surface area contributed by atoms with Crippen molar-refractivity contribution in [3.05, 3.63) is 35.1 Å². The SMILES string of the molecule is CCO[Si](CCCCCCc1c(F)cc(F)cc1F)(OC)OCC. The van der Waals surface area contributed by atoms with Crippen molar-refractivity contribution >= 4 is 8.80 Å². The van der Waals surface area contributed by atoms with Gasteiger partial charge in [0.2, 0.25) is 0 Å². The number of rotatable bonds is 12. The molecule has 0 fully saturated rings. The molecule has 0 aliphatic carbocycles. The van der Waals surface area contributed by atoms with Crippen molar-refractivity contribution in [1.82, 2.24) is 0 Å². The first-order valence-corrected chi connectivity index (χ1v) is 10.4. The maximum absolute atomic E-state index is 13.5. The summed E-state index contributed by atoms with van der Waals surface area (Å²) in [5.74, 6) is -2.52. The molecular weight excluding hydrogens is 337 g/mol. The molecule has 0 aliphatic heterocycles. The molecule has 0 spiro atoms. The van der Waals surface area contributed by atoms with Crippen molar-refractivity contribution in [2.45, 2.75) is 52.0 Å². The minimum atomic E-state index is -2.58. The van der Waals surface area contributed by atoms with Crippen LogP contribution in [0.25, 0.3) is 0 Å². The van der Waals surface area contributed by atoms with Gasteiger partial charge in [0.05, 0.1) is 0 Å². The smallest absolute Gasteiger partial charge is 0.377 e. The van der Waals surface area contributed by atoms with Crippen LogP contribution in [0.2, 0.25) is 6.04 Å². The zero-order valence-electron chi connectivity index (χ0n) is 14.7. The predicted octanol–water partition coefficient (Wildman–Crippen LogP) is 4.87. The average molecular weight is 364 g/mol. The third-order valence-corrected chi connectivity index (χ3v) is 6.85. The second-order valence-corrected chi connectivity index (χ2v) is 8.37. The van der Waals surface area contributed by atoms with Gasteiger partial charge < -0.3 is 13.3 Å². The lowest BCUT2D eigenvalue weighted by atomic mass is 10.1. The summed E-state index contributed by atoms with van der Waals surface area (Å²) in [6, 6.07) is 2.17. The highest BCUT2D eigenvalue weighted by Gasteiger charge is 2.38. The lowest BCUT2D eigenvalue weighted by molar-refractivity contribution is 0.0859. The van der Waals surface area contributed by atoms with Crippen LogP contribution in [0.1, 0.15) is 45.1 Å². The van der Waals surface area contributed by atoms with Crippen LogP contribution in [0.5, 0.6) is 0 Å². The van der Waals surface area contributed by atoms with E-state index in [0.717, 1.165) is 37.4 Å². The van der Waals surface area contributed by atoms with Gasteiger partial charge in [0.25, 0.3) is 0 Å². The highest BCUT2D eigenvalue weighted by atomic mass is 28.4. The topological polar surface area (TPSA) is 27.7 Å². The fourth-order valence-electron chi connectivity index (χ4n) is 2.65. The van der Waals surface area contributed by atoms with E-state index in [4.69, 9.17) is 13.3 Å². The second-order valence-electron chi connectivity index (χ2n) is 5.52. The fourth-order valence-corrected chi connectivity index (χ4v) is 5.03. The van der Waals surface area contributed by atoms with Crippen molar-refractivity contribution in [3.8, 4) is 0 Å². The Hall–Kier alpha value is -0.893. The summed E-state index contributed by atoms with van der Waals surface area (Å²) in [5, 5.41) is 0. The van der Waals surface area contributed by atoms with Crippen molar-refractivity contribution in [3.63, 3.8) is 0 Å². The summed E-state index contributed by atoms with van der Waals surface area (Å²) >= 11 is 0. The number of halogens is 3. The highest BCUT2D eigenvalue weighted by Crippen LogP contribution is 2.21. The molecule has 0 aliphatic rings. The van der Waals surface area contributed by atoms with E-state index in [2.05, 4.69) is 0 Å². The molecule has 1 aromatic carbocycles. The Labute approximate surface area is 143 Å². The van der Waals surface area contributed by atoms with Crippen LogP contribution >= 0.6 is 0 Å². The van der Waals surface area contributed by atoms with Crippen LogP contribution in [-0.2, 0) is 19.7 Å². The Balaban J connectivity index is 2.36. The van der Waals surface area contributed by atoms with Gasteiger partial charge in [-0.05, 0) is 33.1 Å². The third kappa shape index (κ3) is 6.55. The van der Waals surface area contributed by atoms with Gasteiger partial charge in [-0.1, -0.05) is 12.8 Å². The molecule has 0 unspecified atom stereocenters. The predicted molar refractivity (Wildman–Crippen MR) is 89.3 cm³/mol. The molecule has 7 heteroatoms. The molecular formula is C17H27F3O3Si. The van der Waals surface area contributed by atoms with E-state index in [1.165, 1.54) is 0 Å². The van der Waals surface area contributed by atoms with Crippen LogP contribution < -0.4 is 0 Å². The zero-order valence-corrected chi connectivity index (χ0v) is 15.7. The molecule has 0 heterocycles. The largest absolute Gasteiger partial charge is 0.500 e. The molecule has 0 saturated carbocycles. The fraction of sp³-hybridized carbons (Fsp3) is 0.647. The Bertz CT molecular complexity index is 471. The van der Waals surface area contributed by atoms with Crippen LogP contribution in [0.4, 0.5) is 13.2 Å². The second kappa shape index (κ2) is 10.9. The van der Waals surface area contributed by atoms with Crippen molar-refractivity contribution < 1.29 is 26.4 Å². The van der Waals surface area contributed by atoms with Crippen molar-refractivity contribution in [2.24, 2.45) is 0 Å². The monoisotopic (exact) mass is 364 g/mol. The zero-order chi connectivity index (χ0) is 18.0. The van der Waals surface area contributed by atoms with Crippen molar-refractivity contribution in [1.29, 1.82) is 0 Å². The molecule has 3 nitrogen and oxygen atoms in total.